The predicted molar refractivity (Wildman–Crippen MR) is 77.1 cm³/mol. The summed E-state index contributed by atoms with van der Waals surface area (Å²) in [6, 6.07) is 2.03. The van der Waals surface area contributed by atoms with Gasteiger partial charge in [-0.1, -0.05) is 0 Å². The Bertz CT molecular complexity index is 545. The molecule has 0 saturated heterocycles. The average Bonchev–Trinajstić information content (AvgIpc) is 2.74. The topological polar surface area (TPSA) is 46.0 Å². The maximum atomic E-state index is 4.39. The van der Waals surface area contributed by atoms with Crippen LogP contribution in [-0.4, -0.2) is 28.6 Å². The van der Waals surface area contributed by atoms with Gasteiger partial charge in [0.05, 0.1) is 11.9 Å². The Labute approximate surface area is 114 Å². The van der Waals surface area contributed by atoms with Crippen molar-refractivity contribution in [3.8, 4) is 0 Å². The van der Waals surface area contributed by atoms with Crippen LogP contribution in [-0.2, 0) is 20.1 Å². The number of nitrogens with one attached hydrogen (secondary N) is 1. The highest BCUT2D eigenvalue weighted by atomic mass is 15.3. The van der Waals surface area contributed by atoms with Gasteiger partial charge in [0.1, 0.15) is 0 Å². The summed E-state index contributed by atoms with van der Waals surface area (Å²) < 4.78 is 2.10. The van der Waals surface area contributed by atoms with Gasteiger partial charge in [-0.2, -0.15) is 0 Å². The summed E-state index contributed by atoms with van der Waals surface area (Å²) in [6.07, 6.45) is 5.65. The fourth-order valence-corrected chi connectivity index (χ4v) is 2.02. The number of hydrogen-bond acceptors (Lipinski definition) is 4. The molecule has 0 aliphatic heterocycles. The second-order valence-corrected chi connectivity index (χ2v) is 4.91. The lowest BCUT2D eigenvalue weighted by Crippen LogP contribution is -2.18. The van der Waals surface area contributed by atoms with Crippen molar-refractivity contribution >= 4 is 5.95 Å². The molecule has 2 aromatic rings. The summed E-state index contributed by atoms with van der Waals surface area (Å²) in [4.78, 5) is 10.6. The highest BCUT2D eigenvalue weighted by Gasteiger charge is 2.07. The summed E-state index contributed by atoms with van der Waals surface area (Å²) in [6.45, 7) is 3.72. The van der Waals surface area contributed by atoms with Crippen molar-refractivity contribution in [2.24, 2.45) is 7.05 Å². The molecule has 0 fully saturated rings. The highest BCUT2D eigenvalue weighted by Crippen LogP contribution is 2.11. The van der Waals surface area contributed by atoms with Gasteiger partial charge in [-0.05, 0) is 24.1 Å². The molecule has 0 saturated carbocycles. The smallest absolute Gasteiger partial charge is 0.204 e. The third-order valence-corrected chi connectivity index (χ3v) is 3.23. The van der Waals surface area contributed by atoms with Crippen LogP contribution in [0.4, 0.5) is 5.95 Å². The minimum absolute atomic E-state index is 0.797. The molecule has 0 aromatic carbocycles. The van der Waals surface area contributed by atoms with Crippen LogP contribution >= 0.6 is 0 Å². The number of hydrogen-bond donors (Lipinski definition) is 1. The fourth-order valence-electron chi connectivity index (χ4n) is 2.02. The first-order chi connectivity index (χ1) is 9.09. The van der Waals surface area contributed by atoms with Gasteiger partial charge < -0.3 is 14.8 Å². The molecule has 2 rings (SSSR count). The summed E-state index contributed by atoms with van der Waals surface area (Å²) in [7, 11) is 6.03. The zero-order valence-corrected chi connectivity index (χ0v) is 12.0. The lowest BCUT2D eigenvalue weighted by Gasteiger charge is -2.13. The zero-order chi connectivity index (χ0) is 13.8. The van der Waals surface area contributed by atoms with Crippen molar-refractivity contribution < 1.29 is 0 Å². The first-order valence-electron chi connectivity index (χ1n) is 6.37. The quantitative estimate of drug-likeness (QED) is 0.883. The van der Waals surface area contributed by atoms with Gasteiger partial charge in [-0.25, -0.2) is 4.98 Å². The molecular weight excluding hydrogens is 238 g/mol. The minimum Gasteiger partial charge on any atom is -0.348 e. The maximum Gasteiger partial charge on any atom is 0.204 e. The lowest BCUT2D eigenvalue weighted by molar-refractivity contribution is 0.651. The molecule has 0 atom stereocenters. The van der Waals surface area contributed by atoms with E-state index in [2.05, 4.69) is 26.8 Å². The minimum atomic E-state index is 0.797. The van der Waals surface area contributed by atoms with Crippen molar-refractivity contribution in [2.45, 2.75) is 20.0 Å². The van der Waals surface area contributed by atoms with Gasteiger partial charge in [0.2, 0.25) is 5.95 Å². The van der Waals surface area contributed by atoms with E-state index >= 15 is 0 Å². The molecule has 1 N–H and O–H groups in total. The van der Waals surface area contributed by atoms with Crippen molar-refractivity contribution in [1.82, 2.24) is 19.9 Å². The van der Waals surface area contributed by atoms with Gasteiger partial charge in [-0.15, -0.1) is 0 Å². The Morgan fingerprint density at radius 3 is 2.68 bits per heavy atom. The van der Waals surface area contributed by atoms with Crippen LogP contribution in [0.5, 0.6) is 0 Å². The molecule has 0 aliphatic carbocycles. The van der Waals surface area contributed by atoms with E-state index in [0.717, 1.165) is 19.0 Å². The van der Waals surface area contributed by atoms with E-state index in [9.17, 15) is 0 Å². The Balaban J connectivity index is 1.95. The molecule has 5 heteroatoms. The van der Waals surface area contributed by atoms with Crippen molar-refractivity contribution in [2.75, 3.05) is 19.0 Å². The molecule has 0 radical (unpaired) electrons. The number of aromatic nitrogens is 3. The third-order valence-electron chi connectivity index (χ3n) is 3.23. The van der Waals surface area contributed by atoms with Gasteiger partial charge in [-0.3, -0.25) is 4.98 Å². The second kappa shape index (κ2) is 5.84. The molecule has 102 valence electrons. The number of aryl methyl sites for hydroxylation is 1. The van der Waals surface area contributed by atoms with Gasteiger partial charge in [0, 0.05) is 46.6 Å². The third kappa shape index (κ3) is 3.12. The molecule has 0 spiro atoms. The van der Waals surface area contributed by atoms with Gasteiger partial charge in [0.25, 0.3) is 0 Å². The normalized spacial score (nSPS) is 10.7. The number of rotatable bonds is 5. The van der Waals surface area contributed by atoms with Crippen molar-refractivity contribution in [1.29, 1.82) is 0 Å². The Kier molecular flexibility index (Phi) is 4.16. The molecular formula is C14H21N5. The number of anilines is 1. The summed E-state index contributed by atoms with van der Waals surface area (Å²) in [5.74, 6) is 0.967. The van der Waals surface area contributed by atoms with Crippen molar-refractivity contribution in [3.05, 3.63) is 41.5 Å². The summed E-state index contributed by atoms with van der Waals surface area (Å²) in [5.41, 5.74) is 3.67. The highest BCUT2D eigenvalue weighted by molar-refractivity contribution is 5.31. The van der Waals surface area contributed by atoms with Crippen LogP contribution in [0.25, 0.3) is 0 Å². The number of pyridine rings is 1. The molecule has 19 heavy (non-hydrogen) atoms. The Morgan fingerprint density at radius 1 is 1.26 bits per heavy atom. The van der Waals surface area contributed by atoms with Crippen LogP contribution < -0.4 is 10.2 Å². The van der Waals surface area contributed by atoms with Gasteiger partial charge in [0.15, 0.2) is 0 Å². The fraction of sp³-hybridized carbons (Fsp3) is 0.429. The first kappa shape index (κ1) is 13.5. The van der Waals surface area contributed by atoms with Crippen LogP contribution in [0.2, 0.25) is 0 Å². The van der Waals surface area contributed by atoms with E-state index in [1.54, 1.807) is 0 Å². The van der Waals surface area contributed by atoms with E-state index < -0.39 is 0 Å². The van der Waals surface area contributed by atoms with E-state index in [-0.39, 0.29) is 0 Å². The van der Waals surface area contributed by atoms with E-state index in [0.29, 0.717) is 0 Å². The SMILES string of the molecule is Cc1ccncc1CNCc1cnc(N(C)C)n1C. The number of nitrogens with zero attached hydrogens (tertiary/aromatic N) is 4. The molecule has 5 nitrogen and oxygen atoms in total. The average molecular weight is 259 g/mol. The van der Waals surface area contributed by atoms with E-state index in [1.165, 1.54) is 16.8 Å². The molecule has 2 aromatic heterocycles. The molecule has 0 bridgehead atoms. The zero-order valence-electron chi connectivity index (χ0n) is 12.0. The second-order valence-electron chi connectivity index (χ2n) is 4.91. The van der Waals surface area contributed by atoms with Crippen LogP contribution in [0.1, 0.15) is 16.8 Å². The van der Waals surface area contributed by atoms with Crippen LogP contribution in [0, 0.1) is 6.92 Å². The van der Waals surface area contributed by atoms with Crippen molar-refractivity contribution in [3.63, 3.8) is 0 Å². The maximum absolute atomic E-state index is 4.39. The summed E-state index contributed by atoms with van der Waals surface area (Å²) >= 11 is 0. The van der Waals surface area contributed by atoms with E-state index in [4.69, 9.17) is 0 Å². The standard InChI is InChI=1S/C14H21N5/c1-11-5-6-15-7-12(11)8-16-9-13-10-17-14(18(2)3)19(13)4/h5-7,10,16H,8-9H2,1-4H3. The van der Waals surface area contributed by atoms with Crippen LogP contribution in [0.3, 0.4) is 0 Å². The molecule has 0 unspecified atom stereocenters. The lowest BCUT2D eigenvalue weighted by atomic mass is 10.1. The molecule has 2 heterocycles. The van der Waals surface area contributed by atoms with Gasteiger partial charge >= 0.3 is 0 Å². The number of imidazole rings is 1. The predicted octanol–water partition coefficient (Wildman–Crippen LogP) is 1.48. The Hall–Kier alpha value is -1.88. The largest absolute Gasteiger partial charge is 0.348 e. The van der Waals surface area contributed by atoms with Crippen LogP contribution in [0.15, 0.2) is 24.7 Å². The van der Waals surface area contributed by atoms with E-state index in [1.807, 2.05) is 50.7 Å². The Morgan fingerprint density at radius 2 is 2.05 bits per heavy atom. The summed E-state index contributed by atoms with van der Waals surface area (Å²) in [5, 5.41) is 3.43. The molecule has 0 aliphatic rings. The monoisotopic (exact) mass is 259 g/mol. The first-order valence-corrected chi connectivity index (χ1v) is 6.37. The molecule has 0 amide bonds.